The Labute approximate surface area is 178 Å². The highest BCUT2D eigenvalue weighted by Crippen LogP contribution is 2.32. The van der Waals surface area contributed by atoms with Gasteiger partial charge in [0.05, 0.1) is 22.4 Å². The third-order valence-corrected chi connectivity index (χ3v) is 7.16. The Morgan fingerprint density at radius 1 is 1.18 bits per heavy atom. The molecule has 0 bridgehead atoms. The Morgan fingerprint density at radius 3 is 2.96 bits per heavy atom. The summed E-state index contributed by atoms with van der Waals surface area (Å²) in [7, 11) is 0. The molecule has 0 aliphatic heterocycles. The van der Waals surface area contributed by atoms with E-state index in [1.54, 1.807) is 11.3 Å². The van der Waals surface area contributed by atoms with E-state index >= 15 is 0 Å². The van der Waals surface area contributed by atoms with E-state index in [-0.39, 0.29) is 0 Å². The summed E-state index contributed by atoms with van der Waals surface area (Å²) in [5.41, 5.74) is 3.94. The van der Waals surface area contributed by atoms with Gasteiger partial charge in [-0.15, -0.1) is 11.3 Å². The maximum Gasteiger partial charge on any atom is 0.271 e. The zero-order valence-corrected chi connectivity index (χ0v) is 18.3. The number of hydrogen-bond donors (Lipinski definition) is 1. The summed E-state index contributed by atoms with van der Waals surface area (Å²) in [6, 6.07) is 14.2. The number of rotatable bonds is 9. The SMILES string of the molecule is CCCCCCSc1nc2ccc(NCn3c(=S)oc4ccccc43)cc2s1. The zero-order chi connectivity index (χ0) is 19.3. The standard InChI is InChI=1S/C21H23N3OS3/c1-2-3-4-7-12-27-20-23-16-11-10-15(13-19(16)28-20)22-14-24-17-8-5-6-9-18(17)25-21(24)26/h5-6,8-11,13,22H,2-4,7,12,14H2,1H3. The smallest absolute Gasteiger partial charge is 0.271 e. The van der Waals surface area contributed by atoms with Gasteiger partial charge in [0, 0.05) is 11.4 Å². The average Bonchev–Trinajstić information content (AvgIpc) is 3.25. The highest BCUT2D eigenvalue weighted by atomic mass is 32.2. The van der Waals surface area contributed by atoms with E-state index in [0.717, 1.165) is 32.4 Å². The van der Waals surface area contributed by atoms with Crippen LogP contribution >= 0.6 is 35.3 Å². The predicted molar refractivity (Wildman–Crippen MR) is 123 cm³/mol. The van der Waals surface area contributed by atoms with Crippen LogP contribution in [0.25, 0.3) is 21.3 Å². The molecule has 4 nitrogen and oxygen atoms in total. The van der Waals surface area contributed by atoms with Crippen LogP contribution in [0.3, 0.4) is 0 Å². The van der Waals surface area contributed by atoms with Crippen molar-refractivity contribution in [2.24, 2.45) is 0 Å². The minimum atomic E-state index is 0.481. The quantitative estimate of drug-likeness (QED) is 0.172. The van der Waals surface area contributed by atoms with Crippen LogP contribution < -0.4 is 5.32 Å². The van der Waals surface area contributed by atoms with Crippen molar-refractivity contribution in [1.82, 2.24) is 9.55 Å². The number of nitrogens with zero attached hydrogens (tertiary/aromatic N) is 2. The Kier molecular flexibility index (Phi) is 6.34. The van der Waals surface area contributed by atoms with Gasteiger partial charge in [0.2, 0.25) is 0 Å². The largest absolute Gasteiger partial charge is 0.429 e. The molecule has 7 heteroatoms. The number of oxazole rings is 1. The van der Waals surface area contributed by atoms with Crippen molar-refractivity contribution in [3.8, 4) is 0 Å². The molecule has 0 saturated heterocycles. The van der Waals surface area contributed by atoms with E-state index in [0.29, 0.717) is 11.5 Å². The molecule has 0 amide bonds. The second-order valence-corrected chi connectivity index (χ2v) is 9.39. The van der Waals surface area contributed by atoms with Crippen molar-refractivity contribution in [3.63, 3.8) is 0 Å². The first kappa shape index (κ1) is 19.5. The van der Waals surface area contributed by atoms with E-state index < -0.39 is 0 Å². The molecule has 0 spiro atoms. The lowest BCUT2D eigenvalue weighted by Crippen LogP contribution is -2.07. The normalized spacial score (nSPS) is 11.5. The first-order valence-electron chi connectivity index (χ1n) is 9.60. The van der Waals surface area contributed by atoms with Crippen molar-refractivity contribution in [2.45, 2.75) is 43.6 Å². The number of aromatic nitrogens is 2. The predicted octanol–water partition coefficient (Wildman–Crippen LogP) is 7.32. The van der Waals surface area contributed by atoms with Gasteiger partial charge in [-0.25, -0.2) is 4.98 Å². The lowest BCUT2D eigenvalue weighted by Gasteiger charge is -2.07. The molecule has 146 valence electrons. The number of unbranched alkanes of at least 4 members (excludes halogenated alkanes) is 3. The van der Waals surface area contributed by atoms with Crippen molar-refractivity contribution in [2.75, 3.05) is 11.1 Å². The summed E-state index contributed by atoms with van der Waals surface area (Å²) >= 11 is 9.01. The maximum absolute atomic E-state index is 5.65. The Hall–Kier alpha value is -1.83. The second-order valence-electron chi connectivity index (χ2n) is 6.67. The minimum absolute atomic E-state index is 0.481. The summed E-state index contributed by atoms with van der Waals surface area (Å²) in [6.07, 6.45) is 5.18. The molecule has 4 rings (SSSR count). The van der Waals surface area contributed by atoms with Crippen LogP contribution in [0.2, 0.25) is 0 Å². The van der Waals surface area contributed by atoms with Crippen molar-refractivity contribution in [3.05, 3.63) is 47.3 Å². The first-order valence-corrected chi connectivity index (χ1v) is 11.8. The van der Waals surface area contributed by atoms with E-state index in [4.69, 9.17) is 21.6 Å². The molecule has 2 aromatic heterocycles. The van der Waals surface area contributed by atoms with Crippen LogP contribution in [0.4, 0.5) is 5.69 Å². The molecule has 2 aromatic carbocycles. The zero-order valence-electron chi connectivity index (χ0n) is 15.8. The number of anilines is 1. The molecule has 0 aliphatic rings. The van der Waals surface area contributed by atoms with Crippen LogP contribution in [0, 0.1) is 4.84 Å². The van der Waals surface area contributed by atoms with Gasteiger partial charge < -0.3 is 9.73 Å². The van der Waals surface area contributed by atoms with Crippen LogP contribution in [-0.4, -0.2) is 15.3 Å². The lowest BCUT2D eigenvalue weighted by atomic mass is 10.2. The molecule has 1 N–H and O–H groups in total. The third-order valence-electron chi connectivity index (χ3n) is 4.61. The van der Waals surface area contributed by atoms with E-state index in [9.17, 15) is 0 Å². The highest BCUT2D eigenvalue weighted by Gasteiger charge is 2.08. The summed E-state index contributed by atoms with van der Waals surface area (Å²) in [5, 5.41) is 3.46. The summed E-state index contributed by atoms with van der Waals surface area (Å²) in [5.74, 6) is 1.15. The third kappa shape index (κ3) is 4.42. The van der Waals surface area contributed by atoms with Gasteiger partial charge in [0.25, 0.3) is 4.84 Å². The molecule has 4 aromatic rings. The number of thiazole rings is 1. The number of benzene rings is 2. The summed E-state index contributed by atoms with van der Waals surface area (Å²) < 4.78 is 9.99. The van der Waals surface area contributed by atoms with E-state index in [1.165, 1.54) is 30.4 Å². The van der Waals surface area contributed by atoms with Gasteiger partial charge in [-0.1, -0.05) is 50.1 Å². The maximum atomic E-state index is 5.65. The Balaban J connectivity index is 1.43. The lowest BCUT2D eigenvalue weighted by molar-refractivity contribution is 0.546. The fourth-order valence-electron chi connectivity index (χ4n) is 3.10. The van der Waals surface area contributed by atoms with Crippen molar-refractivity contribution >= 4 is 62.3 Å². The van der Waals surface area contributed by atoms with Gasteiger partial charge in [-0.3, -0.25) is 4.57 Å². The van der Waals surface area contributed by atoms with Crippen LogP contribution in [-0.2, 0) is 6.67 Å². The van der Waals surface area contributed by atoms with Gasteiger partial charge >= 0.3 is 0 Å². The van der Waals surface area contributed by atoms with Gasteiger partial charge in [-0.2, -0.15) is 0 Å². The van der Waals surface area contributed by atoms with Crippen molar-refractivity contribution < 1.29 is 4.42 Å². The van der Waals surface area contributed by atoms with E-state index in [1.807, 2.05) is 40.6 Å². The molecule has 0 fully saturated rings. The van der Waals surface area contributed by atoms with Crippen LogP contribution in [0.15, 0.2) is 51.2 Å². The minimum Gasteiger partial charge on any atom is -0.429 e. The summed E-state index contributed by atoms with van der Waals surface area (Å²) in [4.78, 5) is 5.23. The van der Waals surface area contributed by atoms with E-state index in [2.05, 4.69) is 30.4 Å². The highest BCUT2D eigenvalue weighted by molar-refractivity contribution is 8.01. The molecular weight excluding hydrogens is 406 g/mol. The number of fused-ring (bicyclic) bond motifs is 2. The number of hydrogen-bond acceptors (Lipinski definition) is 6. The van der Waals surface area contributed by atoms with Crippen LogP contribution in [0.1, 0.15) is 32.6 Å². The molecule has 28 heavy (non-hydrogen) atoms. The van der Waals surface area contributed by atoms with Gasteiger partial charge in [0.1, 0.15) is 0 Å². The van der Waals surface area contributed by atoms with Gasteiger partial charge in [-0.05, 0) is 49.0 Å². The summed E-state index contributed by atoms with van der Waals surface area (Å²) in [6.45, 7) is 2.81. The van der Waals surface area contributed by atoms with Crippen molar-refractivity contribution in [1.29, 1.82) is 0 Å². The topological polar surface area (TPSA) is 43.0 Å². The molecule has 0 radical (unpaired) electrons. The Bertz CT molecular complexity index is 1130. The number of nitrogens with one attached hydrogen (secondary N) is 1. The molecule has 0 aliphatic carbocycles. The molecule has 0 saturated carbocycles. The van der Waals surface area contributed by atoms with Gasteiger partial charge in [0.15, 0.2) is 9.92 Å². The fraction of sp³-hybridized carbons (Fsp3) is 0.333. The first-order chi connectivity index (χ1) is 13.7. The monoisotopic (exact) mass is 429 g/mol. The molecule has 0 unspecified atom stereocenters. The molecular formula is C21H23N3OS3. The fourth-order valence-corrected chi connectivity index (χ4v) is 5.53. The Morgan fingerprint density at radius 2 is 2.07 bits per heavy atom. The van der Waals surface area contributed by atoms with Crippen LogP contribution in [0.5, 0.6) is 0 Å². The molecule has 0 atom stereocenters. The second kappa shape index (κ2) is 9.11. The number of thioether (sulfide) groups is 1. The average molecular weight is 430 g/mol. The number of para-hydroxylation sites is 2. The molecule has 2 heterocycles.